The zero-order chi connectivity index (χ0) is 21.4. The highest BCUT2D eigenvalue weighted by molar-refractivity contribution is 5.74. The van der Waals surface area contributed by atoms with E-state index >= 15 is 0 Å². The number of rotatable bonds is 22. The van der Waals surface area contributed by atoms with Crippen LogP contribution in [0.15, 0.2) is 12.2 Å². The SMILES string of the molecule is CCCCCCCC/C=C\CCCCCCC(O)C(=O)OCCOCCOCC. The van der Waals surface area contributed by atoms with Crippen LogP contribution >= 0.6 is 0 Å². The summed E-state index contributed by atoms with van der Waals surface area (Å²) in [7, 11) is 0. The second-order valence-electron chi connectivity index (χ2n) is 7.51. The van der Waals surface area contributed by atoms with E-state index in [0.29, 0.717) is 32.8 Å². The van der Waals surface area contributed by atoms with E-state index in [1.54, 1.807) is 0 Å². The average Bonchev–Trinajstić information content (AvgIpc) is 2.73. The predicted octanol–water partition coefficient (Wildman–Crippen LogP) is 5.59. The number of aliphatic hydroxyl groups is 1. The zero-order valence-corrected chi connectivity index (χ0v) is 19.0. The third-order valence-corrected chi connectivity index (χ3v) is 4.81. The Morgan fingerprint density at radius 2 is 1.31 bits per heavy atom. The molecule has 0 saturated heterocycles. The van der Waals surface area contributed by atoms with Gasteiger partial charge < -0.3 is 19.3 Å². The summed E-state index contributed by atoms with van der Waals surface area (Å²) in [5, 5.41) is 9.84. The number of hydrogen-bond acceptors (Lipinski definition) is 5. The zero-order valence-electron chi connectivity index (χ0n) is 19.0. The Hall–Kier alpha value is -0.910. The molecule has 0 aromatic rings. The Balaban J connectivity index is 3.36. The van der Waals surface area contributed by atoms with Crippen molar-refractivity contribution in [1.29, 1.82) is 0 Å². The van der Waals surface area contributed by atoms with Crippen LogP contribution in [0.5, 0.6) is 0 Å². The van der Waals surface area contributed by atoms with Gasteiger partial charge in [-0.15, -0.1) is 0 Å². The van der Waals surface area contributed by atoms with E-state index in [9.17, 15) is 9.90 Å². The molecule has 172 valence electrons. The van der Waals surface area contributed by atoms with E-state index in [1.165, 1.54) is 51.4 Å². The molecule has 0 aliphatic rings. The van der Waals surface area contributed by atoms with Gasteiger partial charge in [0.15, 0.2) is 6.10 Å². The Morgan fingerprint density at radius 3 is 1.97 bits per heavy atom. The number of carbonyl (C=O) groups excluding carboxylic acids is 1. The second kappa shape index (κ2) is 23.4. The second-order valence-corrected chi connectivity index (χ2v) is 7.51. The van der Waals surface area contributed by atoms with Crippen molar-refractivity contribution in [2.45, 2.75) is 103 Å². The Labute approximate surface area is 179 Å². The van der Waals surface area contributed by atoms with Gasteiger partial charge in [0, 0.05) is 6.61 Å². The fourth-order valence-electron chi connectivity index (χ4n) is 3.01. The number of hydrogen-bond donors (Lipinski definition) is 1. The van der Waals surface area contributed by atoms with Crippen molar-refractivity contribution < 1.29 is 24.1 Å². The van der Waals surface area contributed by atoms with Crippen LogP contribution in [-0.4, -0.2) is 50.2 Å². The standard InChI is InChI=1S/C24H46O5/c1-3-5-6-7-8-9-10-11-12-13-14-15-16-17-18-23(25)24(26)29-22-21-28-20-19-27-4-2/h11-12,23,25H,3-10,13-22H2,1-2H3/b12-11-. The minimum Gasteiger partial charge on any atom is -0.461 e. The topological polar surface area (TPSA) is 65.0 Å². The lowest BCUT2D eigenvalue weighted by Gasteiger charge is -2.11. The molecule has 0 amide bonds. The van der Waals surface area contributed by atoms with E-state index in [-0.39, 0.29) is 6.61 Å². The minimum atomic E-state index is -1.02. The quantitative estimate of drug-likeness (QED) is 0.142. The predicted molar refractivity (Wildman–Crippen MR) is 119 cm³/mol. The minimum absolute atomic E-state index is 0.174. The molecule has 0 heterocycles. The van der Waals surface area contributed by atoms with Gasteiger partial charge in [-0.05, 0) is 39.0 Å². The highest BCUT2D eigenvalue weighted by Gasteiger charge is 2.15. The van der Waals surface area contributed by atoms with E-state index in [4.69, 9.17) is 14.2 Å². The number of carbonyl (C=O) groups is 1. The summed E-state index contributed by atoms with van der Waals surface area (Å²) < 4.78 is 15.4. The van der Waals surface area contributed by atoms with Crippen LogP contribution in [-0.2, 0) is 19.0 Å². The molecule has 1 unspecified atom stereocenters. The third-order valence-electron chi connectivity index (χ3n) is 4.81. The van der Waals surface area contributed by atoms with E-state index in [1.807, 2.05) is 6.92 Å². The van der Waals surface area contributed by atoms with Crippen LogP contribution in [0.1, 0.15) is 97.3 Å². The number of unbranched alkanes of at least 4 members (excludes halogenated alkanes) is 10. The fraction of sp³-hybridized carbons (Fsp3) is 0.875. The highest BCUT2D eigenvalue weighted by atomic mass is 16.6. The molecule has 0 rings (SSSR count). The molecule has 5 heteroatoms. The summed E-state index contributed by atoms with van der Waals surface area (Å²) in [6.07, 6.45) is 18.7. The fourth-order valence-corrected chi connectivity index (χ4v) is 3.01. The molecular formula is C24H46O5. The van der Waals surface area contributed by atoms with Crippen molar-refractivity contribution in [2.75, 3.05) is 33.0 Å². The maximum absolute atomic E-state index is 11.7. The van der Waals surface area contributed by atoms with Crippen molar-refractivity contribution in [3.63, 3.8) is 0 Å². The molecule has 0 fully saturated rings. The molecule has 0 aromatic heterocycles. The molecule has 1 atom stereocenters. The van der Waals surface area contributed by atoms with Crippen LogP contribution < -0.4 is 0 Å². The lowest BCUT2D eigenvalue weighted by molar-refractivity contribution is -0.155. The first kappa shape index (κ1) is 28.1. The van der Waals surface area contributed by atoms with Gasteiger partial charge in [-0.2, -0.15) is 0 Å². The van der Waals surface area contributed by atoms with Crippen molar-refractivity contribution in [3.05, 3.63) is 12.2 Å². The lowest BCUT2D eigenvalue weighted by Crippen LogP contribution is -2.24. The van der Waals surface area contributed by atoms with Gasteiger partial charge in [0.05, 0.1) is 19.8 Å². The maximum atomic E-state index is 11.7. The van der Waals surface area contributed by atoms with Crippen molar-refractivity contribution in [3.8, 4) is 0 Å². The van der Waals surface area contributed by atoms with Crippen LogP contribution in [0.2, 0.25) is 0 Å². The largest absolute Gasteiger partial charge is 0.461 e. The van der Waals surface area contributed by atoms with Gasteiger partial charge in [-0.25, -0.2) is 4.79 Å². The van der Waals surface area contributed by atoms with Crippen LogP contribution in [0.4, 0.5) is 0 Å². The van der Waals surface area contributed by atoms with Gasteiger partial charge >= 0.3 is 5.97 Å². The summed E-state index contributed by atoms with van der Waals surface area (Å²) in [5.74, 6) is -0.545. The molecule has 0 radical (unpaired) electrons. The Morgan fingerprint density at radius 1 is 0.759 bits per heavy atom. The highest BCUT2D eigenvalue weighted by Crippen LogP contribution is 2.10. The van der Waals surface area contributed by atoms with Crippen molar-refractivity contribution in [1.82, 2.24) is 0 Å². The first-order valence-electron chi connectivity index (χ1n) is 11.9. The summed E-state index contributed by atoms with van der Waals surface area (Å²) in [4.78, 5) is 11.7. The molecule has 0 saturated carbocycles. The van der Waals surface area contributed by atoms with E-state index < -0.39 is 12.1 Å². The summed E-state index contributed by atoms with van der Waals surface area (Å²) >= 11 is 0. The Kier molecular flexibility index (Phi) is 22.6. The smallest absolute Gasteiger partial charge is 0.335 e. The third kappa shape index (κ3) is 21.6. The van der Waals surface area contributed by atoms with Gasteiger partial charge in [-0.1, -0.05) is 70.4 Å². The number of ether oxygens (including phenoxy) is 3. The molecule has 29 heavy (non-hydrogen) atoms. The van der Waals surface area contributed by atoms with Gasteiger partial charge in [0.2, 0.25) is 0 Å². The van der Waals surface area contributed by atoms with Crippen LogP contribution in [0, 0.1) is 0 Å². The first-order chi connectivity index (χ1) is 14.2. The monoisotopic (exact) mass is 414 g/mol. The molecule has 0 spiro atoms. The number of allylic oxidation sites excluding steroid dienone is 2. The molecule has 1 N–H and O–H groups in total. The summed E-state index contributed by atoms with van der Waals surface area (Å²) in [6, 6.07) is 0. The maximum Gasteiger partial charge on any atom is 0.335 e. The van der Waals surface area contributed by atoms with E-state index in [0.717, 1.165) is 25.7 Å². The lowest BCUT2D eigenvalue weighted by atomic mass is 10.1. The average molecular weight is 415 g/mol. The summed E-state index contributed by atoms with van der Waals surface area (Å²) in [5.41, 5.74) is 0. The van der Waals surface area contributed by atoms with Gasteiger partial charge in [0.25, 0.3) is 0 Å². The van der Waals surface area contributed by atoms with Gasteiger partial charge in [0.1, 0.15) is 6.61 Å². The Bertz CT molecular complexity index is 370. The van der Waals surface area contributed by atoms with Gasteiger partial charge in [-0.3, -0.25) is 0 Å². The molecule has 0 bridgehead atoms. The first-order valence-corrected chi connectivity index (χ1v) is 11.9. The molecule has 0 aliphatic heterocycles. The molecule has 0 aromatic carbocycles. The normalized spacial score (nSPS) is 12.5. The molecule has 0 aliphatic carbocycles. The van der Waals surface area contributed by atoms with Crippen molar-refractivity contribution in [2.24, 2.45) is 0 Å². The van der Waals surface area contributed by atoms with Crippen molar-refractivity contribution >= 4 is 5.97 Å². The molecule has 5 nitrogen and oxygen atoms in total. The van der Waals surface area contributed by atoms with Crippen LogP contribution in [0.25, 0.3) is 0 Å². The summed E-state index contributed by atoms with van der Waals surface area (Å²) in [6.45, 7) is 6.39. The molecular weight excluding hydrogens is 368 g/mol. The van der Waals surface area contributed by atoms with Crippen LogP contribution in [0.3, 0.4) is 0 Å². The number of aliphatic hydroxyl groups excluding tert-OH is 1. The number of esters is 1. The van der Waals surface area contributed by atoms with E-state index in [2.05, 4.69) is 19.1 Å².